The van der Waals surface area contributed by atoms with Gasteiger partial charge in [0.05, 0.1) is 0 Å². The second kappa shape index (κ2) is 10.1. The summed E-state index contributed by atoms with van der Waals surface area (Å²) in [4.78, 5) is 0. The molecule has 0 heterocycles. The highest BCUT2D eigenvalue weighted by Crippen LogP contribution is 2.18. The van der Waals surface area contributed by atoms with Crippen LogP contribution in [0.3, 0.4) is 0 Å². The molecule has 0 aliphatic heterocycles. The van der Waals surface area contributed by atoms with Gasteiger partial charge < -0.3 is 0 Å². The summed E-state index contributed by atoms with van der Waals surface area (Å²) in [6.07, 6.45) is 4.08. The Labute approximate surface area is 86.1 Å². The van der Waals surface area contributed by atoms with E-state index in [4.69, 9.17) is 0 Å². The minimum absolute atomic E-state index is 0.843. The predicted molar refractivity (Wildman–Crippen MR) is 64.0 cm³/mol. The summed E-state index contributed by atoms with van der Waals surface area (Å²) in [7, 11) is 0. The molecule has 0 heteroatoms. The van der Waals surface area contributed by atoms with Crippen molar-refractivity contribution in [1.82, 2.24) is 0 Å². The largest absolute Gasteiger partial charge is 0.0654 e. The van der Waals surface area contributed by atoms with E-state index in [1.807, 2.05) is 0 Å². The van der Waals surface area contributed by atoms with Gasteiger partial charge in [-0.15, -0.1) is 0 Å². The minimum atomic E-state index is 0.843. The molecule has 0 amide bonds. The average molecular weight is 186 g/mol. The van der Waals surface area contributed by atoms with E-state index < -0.39 is 0 Å². The molecule has 0 N–H and O–H groups in total. The molecule has 0 aromatic carbocycles. The van der Waals surface area contributed by atoms with Crippen molar-refractivity contribution < 1.29 is 0 Å². The van der Waals surface area contributed by atoms with Crippen LogP contribution in [0, 0.1) is 17.8 Å². The van der Waals surface area contributed by atoms with Gasteiger partial charge in [0.2, 0.25) is 0 Å². The van der Waals surface area contributed by atoms with Crippen molar-refractivity contribution >= 4 is 0 Å². The van der Waals surface area contributed by atoms with Crippen molar-refractivity contribution in [3.63, 3.8) is 0 Å². The van der Waals surface area contributed by atoms with E-state index in [2.05, 4.69) is 48.5 Å². The van der Waals surface area contributed by atoms with E-state index in [0.717, 1.165) is 17.8 Å². The lowest BCUT2D eigenvalue weighted by molar-refractivity contribution is 0.316. The summed E-state index contributed by atoms with van der Waals surface area (Å²) >= 11 is 0. The molecule has 0 atom stereocenters. The van der Waals surface area contributed by atoms with E-state index >= 15 is 0 Å². The fourth-order valence-corrected chi connectivity index (χ4v) is 1.12. The van der Waals surface area contributed by atoms with Crippen molar-refractivity contribution in [2.75, 3.05) is 0 Å². The molecular weight excluding hydrogens is 156 g/mol. The highest BCUT2D eigenvalue weighted by Gasteiger charge is 2.09. The van der Waals surface area contributed by atoms with Gasteiger partial charge in [0.15, 0.2) is 0 Å². The third kappa shape index (κ3) is 12.0. The van der Waals surface area contributed by atoms with Crippen LogP contribution in [0.4, 0.5) is 0 Å². The van der Waals surface area contributed by atoms with Gasteiger partial charge in [0.25, 0.3) is 0 Å². The molecule has 0 spiro atoms. The molecule has 0 fully saturated rings. The van der Waals surface area contributed by atoms with Crippen LogP contribution in [0.15, 0.2) is 0 Å². The highest BCUT2D eigenvalue weighted by atomic mass is 14.2. The molecule has 0 bridgehead atoms. The van der Waals surface area contributed by atoms with E-state index in [9.17, 15) is 0 Å². The fourth-order valence-electron chi connectivity index (χ4n) is 1.12. The number of hydrogen-bond donors (Lipinski definition) is 0. The molecule has 0 saturated heterocycles. The number of rotatable bonds is 4. The highest BCUT2D eigenvalue weighted by molar-refractivity contribution is 4.59. The summed E-state index contributed by atoms with van der Waals surface area (Å²) in [6, 6.07) is 0. The van der Waals surface area contributed by atoms with Gasteiger partial charge >= 0.3 is 0 Å². The Kier molecular flexibility index (Phi) is 12.0. The van der Waals surface area contributed by atoms with Crippen molar-refractivity contribution in [3.8, 4) is 0 Å². The maximum atomic E-state index is 2.31. The Hall–Kier alpha value is 0. The van der Waals surface area contributed by atoms with E-state index in [0.29, 0.717) is 0 Å². The Morgan fingerprint density at radius 3 is 1.00 bits per heavy atom. The first-order chi connectivity index (χ1) is 5.97. The normalized spacial score (nSPS) is 10.6. The molecule has 0 aliphatic rings. The van der Waals surface area contributed by atoms with E-state index in [1.165, 1.54) is 19.3 Å². The molecule has 0 aromatic heterocycles. The SMILES string of the molecule is CC(C)C(C)C(C)C.CCCCC. The first-order valence-electron chi connectivity index (χ1n) is 5.97. The van der Waals surface area contributed by atoms with Gasteiger partial charge in [-0.25, -0.2) is 0 Å². The summed E-state index contributed by atoms with van der Waals surface area (Å²) in [6.45, 7) is 15.9. The second-order valence-corrected chi connectivity index (χ2v) is 4.70. The lowest BCUT2D eigenvalue weighted by Crippen LogP contribution is -2.10. The molecule has 13 heavy (non-hydrogen) atoms. The molecule has 82 valence electrons. The van der Waals surface area contributed by atoms with Crippen LogP contribution >= 0.6 is 0 Å². The molecule has 0 rings (SSSR count). The summed E-state index contributed by atoms with van der Waals surface area (Å²) in [5.74, 6) is 2.56. The monoisotopic (exact) mass is 186 g/mol. The molecule has 0 unspecified atom stereocenters. The van der Waals surface area contributed by atoms with Crippen molar-refractivity contribution in [3.05, 3.63) is 0 Å². The maximum absolute atomic E-state index is 2.31. The van der Waals surface area contributed by atoms with Crippen LogP contribution in [-0.4, -0.2) is 0 Å². The number of unbranched alkanes of at least 4 members (excludes halogenated alkanes) is 2. The topological polar surface area (TPSA) is 0 Å². The van der Waals surface area contributed by atoms with Gasteiger partial charge in [0.1, 0.15) is 0 Å². The summed E-state index contributed by atoms with van der Waals surface area (Å²) < 4.78 is 0. The fraction of sp³-hybridized carbons (Fsp3) is 1.00. The Balaban J connectivity index is 0. The summed E-state index contributed by atoms with van der Waals surface area (Å²) in [5.41, 5.74) is 0. The van der Waals surface area contributed by atoms with Gasteiger partial charge in [-0.3, -0.25) is 0 Å². The summed E-state index contributed by atoms with van der Waals surface area (Å²) in [5, 5.41) is 0. The first kappa shape index (κ1) is 15.5. The Morgan fingerprint density at radius 2 is 1.00 bits per heavy atom. The Morgan fingerprint density at radius 1 is 0.692 bits per heavy atom. The lowest BCUT2D eigenvalue weighted by atomic mass is 9.88. The van der Waals surface area contributed by atoms with Gasteiger partial charge in [0, 0.05) is 0 Å². The first-order valence-corrected chi connectivity index (χ1v) is 5.97. The molecular formula is C13H30. The van der Waals surface area contributed by atoms with Crippen molar-refractivity contribution in [2.24, 2.45) is 17.8 Å². The van der Waals surface area contributed by atoms with E-state index in [-0.39, 0.29) is 0 Å². The standard InChI is InChI=1S/C8H18.C5H12/c1-6(2)8(5)7(3)4;1-3-5-4-2/h6-8H,1-5H3;3-5H2,1-2H3. The van der Waals surface area contributed by atoms with Crippen LogP contribution in [0.5, 0.6) is 0 Å². The van der Waals surface area contributed by atoms with E-state index in [1.54, 1.807) is 0 Å². The third-order valence-electron chi connectivity index (χ3n) is 2.81. The quantitative estimate of drug-likeness (QED) is 0.571. The predicted octanol–water partition coefficient (Wildman–Crippen LogP) is 5.13. The lowest BCUT2D eigenvalue weighted by Gasteiger charge is -2.18. The van der Waals surface area contributed by atoms with Gasteiger partial charge in [-0.2, -0.15) is 0 Å². The van der Waals surface area contributed by atoms with Gasteiger partial charge in [-0.05, 0) is 17.8 Å². The van der Waals surface area contributed by atoms with Crippen LogP contribution in [0.2, 0.25) is 0 Å². The molecule has 0 nitrogen and oxygen atoms in total. The smallest absolute Gasteiger partial charge is 0.0396 e. The molecule has 0 saturated carbocycles. The second-order valence-electron chi connectivity index (χ2n) is 4.70. The minimum Gasteiger partial charge on any atom is -0.0654 e. The zero-order valence-corrected chi connectivity index (χ0v) is 10.9. The van der Waals surface area contributed by atoms with Crippen molar-refractivity contribution in [2.45, 2.75) is 67.7 Å². The Bertz CT molecular complexity index is 72.0. The molecule has 0 aromatic rings. The maximum Gasteiger partial charge on any atom is -0.0396 e. The van der Waals surface area contributed by atoms with Gasteiger partial charge in [-0.1, -0.05) is 67.7 Å². The average Bonchev–Trinajstić information content (AvgIpc) is 2.05. The van der Waals surface area contributed by atoms with Crippen LogP contribution < -0.4 is 0 Å². The van der Waals surface area contributed by atoms with Crippen LogP contribution in [0.25, 0.3) is 0 Å². The molecule has 0 radical (unpaired) electrons. The van der Waals surface area contributed by atoms with Crippen molar-refractivity contribution in [1.29, 1.82) is 0 Å². The van der Waals surface area contributed by atoms with Crippen LogP contribution in [0.1, 0.15) is 67.7 Å². The number of hydrogen-bond acceptors (Lipinski definition) is 0. The zero-order chi connectivity index (χ0) is 10.9. The third-order valence-corrected chi connectivity index (χ3v) is 2.81. The van der Waals surface area contributed by atoms with Crippen LogP contribution in [-0.2, 0) is 0 Å². The zero-order valence-electron chi connectivity index (χ0n) is 10.9. The molecule has 0 aliphatic carbocycles.